The van der Waals surface area contributed by atoms with Crippen LogP contribution in [-0.4, -0.2) is 38.2 Å². The maximum Gasteiger partial charge on any atom is 0.227 e. The van der Waals surface area contributed by atoms with E-state index in [0.717, 1.165) is 89.9 Å². The fourth-order valence-corrected chi connectivity index (χ4v) is 7.27. The molecule has 9 aromatic rings. The molecular weight excluding hydrogens is 761 g/mol. The molecule has 0 radical (unpaired) electrons. The van der Waals surface area contributed by atoms with Gasteiger partial charge in [0.1, 0.15) is 11.4 Å². The molecule has 62 heavy (non-hydrogen) atoms. The number of oxazole rings is 2. The average molecular weight is 807 g/mol. The molecule has 6 nitrogen and oxygen atoms in total. The topological polar surface area (TPSA) is 58.5 Å². The van der Waals surface area contributed by atoms with Gasteiger partial charge in [-0.15, -0.1) is 0 Å². The molecule has 0 fully saturated rings. The molecular formula is C56H46N4O2. The van der Waals surface area contributed by atoms with Crippen LogP contribution in [0.2, 0.25) is 0 Å². The van der Waals surface area contributed by atoms with Gasteiger partial charge in [-0.2, -0.15) is 0 Å². The molecule has 0 bridgehead atoms. The van der Waals surface area contributed by atoms with E-state index >= 15 is 0 Å². The van der Waals surface area contributed by atoms with Crippen LogP contribution in [0.1, 0.15) is 22.3 Å². The molecule has 0 aliphatic rings. The van der Waals surface area contributed by atoms with E-state index in [4.69, 9.17) is 18.8 Å². The van der Waals surface area contributed by atoms with E-state index < -0.39 is 0 Å². The fraction of sp³-hybridized carbons (Fsp3) is 0.0714. The zero-order valence-corrected chi connectivity index (χ0v) is 35.2. The Balaban J connectivity index is 0.867. The standard InChI is InChI=1S/C56H46N4O2/c1-59(2)49-36-34-43(35-37-49)51-53(44-12-7-5-8-13-44)61-55(57-51)46-30-26-41(27-31-46)24-22-39-18-20-40(21-19-39)23-25-42-28-32-47(33-29-42)56-58-52(48-16-11-17-50(38-48)60(3)4)54(62-56)45-14-9-6-10-15-45/h5-38H,1-4H3/b24-22+,25-23+. The van der Waals surface area contributed by atoms with Crippen molar-refractivity contribution < 1.29 is 8.83 Å². The van der Waals surface area contributed by atoms with Crippen molar-refractivity contribution in [1.29, 1.82) is 0 Å². The van der Waals surface area contributed by atoms with Gasteiger partial charge in [-0.05, 0) is 70.8 Å². The van der Waals surface area contributed by atoms with Gasteiger partial charge in [-0.25, -0.2) is 9.97 Å². The lowest BCUT2D eigenvalue weighted by atomic mass is 10.1. The van der Waals surface area contributed by atoms with Crippen molar-refractivity contribution in [2.24, 2.45) is 0 Å². The third-order valence-electron chi connectivity index (χ3n) is 10.8. The smallest absolute Gasteiger partial charge is 0.227 e. The van der Waals surface area contributed by atoms with Crippen molar-refractivity contribution in [3.8, 4) is 68.1 Å². The van der Waals surface area contributed by atoms with E-state index in [2.05, 4.69) is 180 Å². The highest BCUT2D eigenvalue weighted by molar-refractivity contribution is 5.82. The summed E-state index contributed by atoms with van der Waals surface area (Å²) in [5, 5.41) is 0. The van der Waals surface area contributed by atoms with E-state index in [1.807, 2.05) is 64.6 Å². The van der Waals surface area contributed by atoms with Crippen LogP contribution in [0, 0.1) is 0 Å². The first-order chi connectivity index (χ1) is 30.3. The summed E-state index contributed by atoms with van der Waals surface area (Å²) < 4.78 is 12.9. The van der Waals surface area contributed by atoms with Gasteiger partial charge in [0.25, 0.3) is 0 Å². The summed E-state index contributed by atoms with van der Waals surface area (Å²) in [5.41, 5.74) is 14.2. The first-order valence-corrected chi connectivity index (χ1v) is 20.7. The van der Waals surface area contributed by atoms with Crippen molar-refractivity contribution in [3.63, 3.8) is 0 Å². The predicted octanol–water partition coefficient (Wildman–Crippen LogP) is 14.1. The van der Waals surface area contributed by atoms with Gasteiger partial charge in [0.2, 0.25) is 11.8 Å². The van der Waals surface area contributed by atoms with E-state index in [0.29, 0.717) is 11.8 Å². The Hall–Kier alpha value is -7.96. The number of benzene rings is 7. The summed E-state index contributed by atoms with van der Waals surface area (Å²) in [6, 6.07) is 62.3. The number of hydrogen-bond donors (Lipinski definition) is 0. The lowest BCUT2D eigenvalue weighted by Gasteiger charge is -2.13. The van der Waals surface area contributed by atoms with Gasteiger partial charge in [-0.3, -0.25) is 0 Å². The van der Waals surface area contributed by atoms with Crippen LogP contribution in [0.25, 0.3) is 92.4 Å². The molecule has 2 aromatic heterocycles. The van der Waals surface area contributed by atoms with E-state index in [1.165, 1.54) is 0 Å². The fourth-order valence-electron chi connectivity index (χ4n) is 7.27. The van der Waals surface area contributed by atoms with E-state index in [1.54, 1.807) is 0 Å². The number of nitrogens with zero attached hydrogens (tertiary/aromatic N) is 4. The summed E-state index contributed by atoms with van der Waals surface area (Å²) in [7, 11) is 8.16. The van der Waals surface area contributed by atoms with Gasteiger partial charge in [-0.1, -0.05) is 158 Å². The minimum atomic E-state index is 0.590. The molecule has 0 spiro atoms. The van der Waals surface area contributed by atoms with Crippen molar-refractivity contribution >= 4 is 35.7 Å². The van der Waals surface area contributed by atoms with Gasteiger partial charge in [0.05, 0.1) is 0 Å². The highest BCUT2D eigenvalue weighted by Crippen LogP contribution is 2.38. The third-order valence-corrected chi connectivity index (χ3v) is 10.8. The second kappa shape index (κ2) is 17.7. The van der Waals surface area contributed by atoms with E-state index in [9.17, 15) is 0 Å². The molecule has 9 rings (SSSR count). The van der Waals surface area contributed by atoms with Crippen LogP contribution in [0.5, 0.6) is 0 Å². The van der Waals surface area contributed by atoms with Crippen molar-refractivity contribution in [2.45, 2.75) is 0 Å². The quantitative estimate of drug-likeness (QED) is 0.115. The summed E-state index contributed by atoms with van der Waals surface area (Å²) >= 11 is 0. The Morgan fingerprint density at radius 2 is 0.710 bits per heavy atom. The molecule has 0 unspecified atom stereocenters. The molecule has 0 atom stereocenters. The Bertz CT molecular complexity index is 2960. The Morgan fingerprint density at radius 1 is 0.339 bits per heavy atom. The maximum atomic E-state index is 6.48. The van der Waals surface area contributed by atoms with Gasteiger partial charge in [0, 0.05) is 72.9 Å². The van der Waals surface area contributed by atoms with Crippen LogP contribution in [0.4, 0.5) is 11.4 Å². The molecule has 2 heterocycles. The predicted molar refractivity (Wildman–Crippen MR) is 259 cm³/mol. The van der Waals surface area contributed by atoms with Crippen LogP contribution in [-0.2, 0) is 0 Å². The summed E-state index contributed by atoms with van der Waals surface area (Å²) in [6.45, 7) is 0. The molecule has 0 N–H and O–H groups in total. The summed E-state index contributed by atoms with van der Waals surface area (Å²) in [4.78, 5) is 14.2. The second-order valence-corrected chi connectivity index (χ2v) is 15.6. The molecule has 0 saturated carbocycles. The van der Waals surface area contributed by atoms with Gasteiger partial charge < -0.3 is 18.6 Å². The molecule has 302 valence electrons. The number of anilines is 2. The highest BCUT2D eigenvalue weighted by Gasteiger charge is 2.20. The lowest BCUT2D eigenvalue weighted by molar-refractivity contribution is 0.589. The van der Waals surface area contributed by atoms with Gasteiger partial charge >= 0.3 is 0 Å². The monoisotopic (exact) mass is 806 g/mol. The minimum absolute atomic E-state index is 0.590. The zero-order chi connectivity index (χ0) is 42.4. The molecule has 7 aromatic carbocycles. The number of hydrogen-bond acceptors (Lipinski definition) is 6. The van der Waals surface area contributed by atoms with Crippen LogP contribution in [0.3, 0.4) is 0 Å². The van der Waals surface area contributed by atoms with Crippen molar-refractivity contribution in [3.05, 3.63) is 204 Å². The lowest BCUT2D eigenvalue weighted by Crippen LogP contribution is -2.08. The molecule has 0 aliphatic carbocycles. The highest BCUT2D eigenvalue weighted by atomic mass is 16.4. The van der Waals surface area contributed by atoms with Gasteiger partial charge in [0.15, 0.2) is 11.5 Å². The number of rotatable bonds is 12. The summed E-state index contributed by atoms with van der Waals surface area (Å²) in [6.07, 6.45) is 8.51. The summed E-state index contributed by atoms with van der Waals surface area (Å²) in [5.74, 6) is 2.70. The Labute approximate surface area is 363 Å². The average Bonchev–Trinajstić information content (AvgIpc) is 3.98. The van der Waals surface area contributed by atoms with Crippen LogP contribution < -0.4 is 9.80 Å². The van der Waals surface area contributed by atoms with Crippen LogP contribution in [0.15, 0.2) is 191 Å². The zero-order valence-electron chi connectivity index (χ0n) is 35.2. The third kappa shape index (κ3) is 8.81. The largest absolute Gasteiger partial charge is 0.435 e. The maximum absolute atomic E-state index is 6.48. The number of aromatic nitrogens is 2. The Morgan fingerprint density at radius 3 is 1.13 bits per heavy atom. The molecule has 0 saturated heterocycles. The SMILES string of the molecule is CN(C)c1ccc(-c2nc(-c3ccc(/C=C/c4ccc(/C=C/c5ccc(-c6nc(-c7cccc(N(C)C)c7)c(-c7ccccc7)o6)cc5)cc4)cc3)oc2-c2ccccc2)cc1. The first-order valence-electron chi connectivity index (χ1n) is 20.7. The molecule has 0 amide bonds. The normalized spacial score (nSPS) is 11.4. The minimum Gasteiger partial charge on any atom is -0.435 e. The first kappa shape index (κ1) is 39.5. The molecule has 0 aliphatic heterocycles. The van der Waals surface area contributed by atoms with Crippen molar-refractivity contribution in [1.82, 2.24) is 9.97 Å². The second-order valence-electron chi connectivity index (χ2n) is 15.6. The van der Waals surface area contributed by atoms with Crippen LogP contribution >= 0.6 is 0 Å². The van der Waals surface area contributed by atoms with E-state index in [-0.39, 0.29) is 0 Å². The van der Waals surface area contributed by atoms with Crippen molar-refractivity contribution in [2.75, 3.05) is 38.0 Å². The molecule has 6 heteroatoms. The Kier molecular flexibility index (Phi) is 11.3.